The van der Waals surface area contributed by atoms with Crippen LogP contribution in [-0.4, -0.2) is 66.5 Å². The van der Waals surface area contributed by atoms with Crippen LogP contribution in [0.15, 0.2) is 29.2 Å². The zero-order valence-corrected chi connectivity index (χ0v) is 20.8. The van der Waals surface area contributed by atoms with Gasteiger partial charge in [0.15, 0.2) is 0 Å². The highest BCUT2D eigenvalue weighted by atomic mass is 32.2. The van der Waals surface area contributed by atoms with Crippen LogP contribution in [0.2, 0.25) is 0 Å². The lowest BCUT2D eigenvalue weighted by molar-refractivity contribution is -0.138. The van der Waals surface area contributed by atoms with Gasteiger partial charge in [0.05, 0.1) is 17.0 Å². The van der Waals surface area contributed by atoms with E-state index in [0.29, 0.717) is 25.8 Å². The van der Waals surface area contributed by atoms with Gasteiger partial charge in [-0.1, -0.05) is 17.7 Å². The number of fused-ring (bicyclic) bond motifs is 2. The van der Waals surface area contributed by atoms with Crippen molar-refractivity contribution in [3.8, 4) is 6.07 Å². The standard InChI is InChI=1S/C24H32N4O5S/c1-15-7-9-18(10-8-15)34(31,32)26-19-12-16-13-20(19)28(23(30)33-24(2,3)4)21(16)22(29)27-11-5-6-17(27)14-25/h7-10,16-17,19-21,26H,5-6,11-13H2,1-4H3/t16-,17+,19-,20-,21-/m1/s1. The maximum Gasteiger partial charge on any atom is 0.411 e. The number of sulfonamides is 1. The molecule has 2 aliphatic heterocycles. The van der Waals surface area contributed by atoms with Crippen molar-refractivity contribution in [3.63, 3.8) is 0 Å². The van der Waals surface area contributed by atoms with Crippen molar-refractivity contribution in [2.45, 2.75) is 88.0 Å². The highest BCUT2D eigenvalue weighted by Gasteiger charge is 2.58. The SMILES string of the molecule is Cc1ccc(S(=O)(=O)N[C@@H]2C[C@@H]3C[C@H]2N(C(=O)OC(C)(C)C)[C@H]3C(=O)N2CCC[C@H]2C#N)cc1. The first-order valence-corrected chi connectivity index (χ1v) is 13.2. The highest BCUT2D eigenvalue weighted by molar-refractivity contribution is 7.89. The maximum absolute atomic E-state index is 13.5. The molecule has 4 rings (SSSR count). The zero-order chi connectivity index (χ0) is 24.8. The van der Waals surface area contributed by atoms with Crippen LogP contribution in [0, 0.1) is 24.2 Å². The van der Waals surface area contributed by atoms with Gasteiger partial charge in [-0.3, -0.25) is 9.69 Å². The molecule has 3 fully saturated rings. The second-order valence-electron chi connectivity index (χ2n) is 10.5. The number of ether oxygens (including phenoxy) is 1. The molecule has 3 aliphatic rings. The first-order chi connectivity index (χ1) is 15.9. The second kappa shape index (κ2) is 8.86. The van der Waals surface area contributed by atoms with Gasteiger partial charge in [-0.2, -0.15) is 5.26 Å². The summed E-state index contributed by atoms with van der Waals surface area (Å²) in [6.07, 6.45) is 1.67. The Balaban J connectivity index is 1.60. The minimum Gasteiger partial charge on any atom is -0.444 e. The first-order valence-electron chi connectivity index (χ1n) is 11.7. The van der Waals surface area contributed by atoms with Crippen molar-refractivity contribution < 1.29 is 22.7 Å². The second-order valence-corrected chi connectivity index (χ2v) is 12.2. The van der Waals surface area contributed by atoms with Gasteiger partial charge in [0, 0.05) is 12.6 Å². The Hall–Kier alpha value is -2.64. The number of amides is 2. The molecule has 1 aromatic carbocycles. The van der Waals surface area contributed by atoms with Crippen LogP contribution in [0.5, 0.6) is 0 Å². The molecule has 2 saturated heterocycles. The van der Waals surface area contributed by atoms with E-state index in [1.807, 2.05) is 6.92 Å². The Bertz CT molecular complexity index is 1110. The van der Waals surface area contributed by atoms with E-state index in [4.69, 9.17) is 4.74 Å². The maximum atomic E-state index is 13.5. The number of piperidine rings is 1. The number of rotatable bonds is 4. The molecule has 0 spiro atoms. The fourth-order valence-electron chi connectivity index (χ4n) is 5.38. The van der Waals surface area contributed by atoms with E-state index in [2.05, 4.69) is 10.8 Å². The summed E-state index contributed by atoms with van der Waals surface area (Å²) in [5.74, 6) is -0.460. The van der Waals surface area contributed by atoms with Crippen LogP contribution in [-0.2, 0) is 19.6 Å². The fourth-order valence-corrected chi connectivity index (χ4v) is 6.67. The molecule has 1 aromatic rings. The van der Waals surface area contributed by atoms with Crippen molar-refractivity contribution in [3.05, 3.63) is 29.8 Å². The van der Waals surface area contributed by atoms with Crippen LogP contribution >= 0.6 is 0 Å². The summed E-state index contributed by atoms with van der Waals surface area (Å²) in [5, 5.41) is 9.46. The van der Waals surface area contributed by atoms with E-state index < -0.39 is 45.9 Å². The summed E-state index contributed by atoms with van der Waals surface area (Å²) in [4.78, 5) is 29.9. The van der Waals surface area contributed by atoms with Gasteiger partial charge in [0.25, 0.3) is 0 Å². The zero-order valence-electron chi connectivity index (χ0n) is 20.0. The van der Waals surface area contributed by atoms with Crippen molar-refractivity contribution in [1.82, 2.24) is 14.5 Å². The largest absolute Gasteiger partial charge is 0.444 e. The first kappa shape index (κ1) is 24.5. The van der Waals surface area contributed by atoms with Crippen LogP contribution in [0.4, 0.5) is 4.79 Å². The molecule has 2 bridgehead atoms. The van der Waals surface area contributed by atoms with E-state index in [0.717, 1.165) is 12.0 Å². The molecule has 1 saturated carbocycles. The predicted octanol–water partition coefficient (Wildman–Crippen LogP) is 2.55. The highest BCUT2D eigenvalue weighted by Crippen LogP contribution is 2.45. The number of benzene rings is 1. The van der Waals surface area contributed by atoms with Gasteiger partial charge in [-0.15, -0.1) is 0 Å². The molecule has 10 heteroatoms. The van der Waals surface area contributed by atoms with E-state index in [9.17, 15) is 23.3 Å². The molecule has 2 heterocycles. The molecule has 1 aliphatic carbocycles. The van der Waals surface area contributed by atoms with Crippen molar-refractivity contribution in [2.24, 2.45) is 5.92 Å². The fraction of sp³-hybridized carbons (Fsp3) is 0.625. The summed E-state index contributed by atoms with van der Waals surface area (Å²) >= 11 is 0. The normalized spacial score (nSPS) is 28.7. The number of aryl methyl sites for hydroxylation is 1. The molecule has 1 N–H and O–H groups in total. The number of likely N-dealkylation sites (tertiary alicyclic amines) is 2. The Labute approximate surface area is 201 Å². The van der Waals surface area contributed by atoms with E-state index in [1.165, 1.54) is 4.90 Å². The third-order valence-electron chi connectivity index (χ3n) is 6.85. The molecule has 0 radical (unpaired) electrons. The Morgan fingerprint density at radius 3 is 2.47 bits per heavy atom. The number of carbonyl (C=O) groups is 2. The van der Waals surface area contributed by atoms with E-state index >= 15 is 0 Å². The number of nitrogens with one attached hydrogen (secondary N) is 1. The topological polar surface area (TPSA) is 120 Å². The molecular formula is C24H32N4O5S. The van der Waals surface area contributed by atoms with Crippen LogP contribution < -0.4 is 4.72 Å². The number of hydrogen-bond donors (Lipinski definition) is 1. The van der Waals surface area contributed by atoms with Gasteiger partial charge in [0.2, 0.25) is 15.9 Å². The lowest BCUT2D eigenvalue weighted by atomic mass is 9.95. The predicted molar refractivity (Wildman–Crippen MR) is 124 cm³/mol. The van der Waals surface area contributed by atoms with Gasteiger partial charge in [-0.25, -0.2) is 17.9 Å². The Morgan fingerprint density at radius 1 is 1.18 bits per heavy atom. The van der Waals surface area contributed by atoms with Crippen molar-refractivity contribution in [2.75, 3.05) is 6.54 Å². The van der Waals surface area contributed by atoms with E-state index in [1.54, 1.807) is 49.9 Å². The number of nitrogens with zero attached hydrogens (tertiary/aromatic N) is 3. The Morgan fingerprint density at radius 2 is 1.85 bits per heavy atom. The van der Waals surface area contributed by atoms with E-state index in [-0.39, 0.29) is 16.7 Å². The lowest BCUT2D eigenvalue weighted by Gasteiger charge is -2.40. The van der Waals surface area contributed by atoms with Crippen molar-refractivity contribution >= 4 is 22.0 Å². The average molecular weight is 489 g/mol. The Kier molecular flexibility index (Phi) is 6.38. The molecular weight excluding hydrogens is 456 g/mol. The van der Waals surface area contributed by atoms with Crippen LogP contribution in [0.25, 0.3) is 0 Å². The van der Waals surface area contributed by atoms with Gasteiger partial charge >= 0.3 is 6.09 Å². The van der Waals surface area contributed by atoms with Crippen molar-refractivity contribution in [1.29, 1.82) is 5.26 Å². The summed E-state index contributed by atoms with van der Waals surface area (Å²) in [6, 6.07) is 6.48. The third kappa shape index (κ3) is 4.64. The monoisotopic (exact) mass is 488 g/mol. The summed E-state index contributed by atoms with van der Waals surface area (Å²) in [7, 11) is -3.80. The summed E-state index contributed by atoms with van der Waals surface area (Å²) < 4.78 is 34.4. The summed E-state index contributed by atoms with van der Waals surface area (Å²) in [5.41, 5.74) is 0.181. The minimum atomic E-state index is -3.80. The van der Waals surface area contributed by atoms with Crippen LogP contribution in [0.1, 0.15) is 52.0 Å². The smallest absolute Gasteiger partial charge is 0.411 e. The molecule has 9 nitrogen and oxygen atoms in total. The lowest BCUT2D eigenvalue weighted by Crippen LogP contribution is -2.60. The number of carbonyl (C=O) groups excluding carboxylic acids is 2. The number of nitriles is 1. The molecule has 184 valence electrons. The molecule has 34 heavy (non-hydrogen) atoms. The molecule has 0 aromatic heterocycles. The average Bonchev–Trinajstić information content (AvgIpc) is 3.46. The van der Waals surface area contributed by atoms with Gasteiger partial charge in [0.1, 0.15) is 17.7 Å². The van der Waals surface area contributed by atoms with Gasteiger partial charge in [-0.05, 0) is 71.4 Å². The number of hydrogen-bond acceptors (Lipinski definition) is 6. The molecule has 2 amide bonds. The quantitative estimate of drug-likeness (QED) is 0.696. The molecule has 5 atom stereocenters. The third-order valence-corrected chi connectivity index (χ3v) is 8.35. The summed E-state index contributed by atoms with van der Waals surface area (Å²) in [6.45, 7) is 7.61. The van der Waals surface area contributed by atoms with Crippen LogP contribution in [0.3, 0.4) is 0 Å². The molecule has 0 unspecified atom stereocenters. The van der Waals surface area contributed by atoms with Gasteiger partial charge < -0.3 is 9.64 Å². The minimum absolute atomic E-state index is 0.159.